The van der Waals surface area contributed by atoms with Crippen LogP contribution in [0.25, 0.3) is 11.6 Å². The highest BCUT2D eigenvalue weighted by atomic mass is 15.2. The quantitative estimate of drug-likeness (QED) is 0.280. The van der Waals surface area contributed by atoms with Gasteiger partial charge in [0.2, 0.25) is 0 Å². The van der Waals surface area contributed by atoms with Crippen LogP contribution in [0.15, 0.2) is 72.7 Å². The van der Waals surface area contributed by atoms with Gasteiger partial charge in [-0.25, -0.2) is 0 Å². The van der Waals surface area contributed by atoms with E-state index in [1.165, 1.54) is 0 Å². The normalized spacial score (nSPS) is 16.4. The van der Waals surface area contributed by atoms with Gasteiger partial charge in [0.15, 0.2) is 0 Å². The summed E-state index contributed by atoms with van der Waals surface area (Å²) in [6.07, 6.45) is 14.0. The molecule has 32 heavy (non-hydrogen) atoms. The van der Waals surface area contributed by atoms with Gasteiger partial charge in [0, 0.05) is 48.5 Å². The van der Waals surface area contributed by atoms with E-state index in [0.717, 1.165) is 33.7 Å². The van der Waals surface area contributed by atoms with E-state index in [9.17, 15) is 0 Å². The molecule has 3 rings (SSSR count). The lowest BCUT2D eigenvalue weighted by Crippen LogP contribution is -2.38. The van der Waals surface area contributed by atoms with Crippen molar-refractivity contribution < 1.29 is 0 Å². The van der Waals surface area contributed by atoms with Crippen molar-refractivity contribution in [3.63, 3.8) is 0 Å². The average Bonchev–Trinajstić information content (AvgIpc) is 2.80. The second-order valence-corrected chi connectivity index (χ2v) is 7.66. The monoisotopic (exact) mass is 430 g/mol. The zero-order chi connectivity index (χ0) is 23.1. The van der Waals surface area contributed by atoms with E-state index < -0.39 is 0 Å². The molecule has 0 bridgehead atoms. The van der Waals surface area contributed by atoms with E-state index in [1.54, 1.807) is 31.0 Å². The Morgan fingerprint density at radius 2 is 2.00 bits per heavy atom. The fraction of sp³-hybridized carbons (Fsp3) is 0.208. The number of allylic oxidation sites excluding steroid dienone is 3. The molecule has 0 radical (unpaired) electrons. The van der Waals surface area contributed by atoms with Crippen LogP contribution >= 0.6 is 0 Å². The smallest absolute Gasteiger partial charge is 0.117 e. The zero-order valence-corrected chi connectivity index (χ0v) is 18.6. The molecule has 1 aliphatic rings. The van der Waals surface area contributed by atoms with Gasteiger partial charge >= 0.3 is 0 Å². The maximum Gasteiger partial charge on any atom is 0.117 e. The number of nitrogens with one attached hydrogen (secondary N) is 4. The fourth-order valence-corrected chi connectivity index (χ4v) is 3.28. The van der Waals surface area contributed by atoms with Crippen LogP contribution in [0.5, 0.6) is 0 Å². The van der Waals surface area contributed by atoms with Gasteiger partial charge in [-0.3, -0.25) is 15.4 Å². The van der Waals surface area contributed by atoms with Gasteiger partial charge in [-0.1, -0.05) is 13.8 Å². The molecule has 8 heteroatoms. The average molecular weight is 431 g/mol. The van der Waals surface area contributed by atoms with Gasteiger partial charge in [0.1, 0.15) is 6.17 Å². The third-order valence-corrected chi connectivity index (χ3v) is 5.02. The maximum absolute atomic E-state index is 8.67. The van der Waals surface area contributed by atoms with E-state index in [0.29, 0.717) is 11.5 Å². The Balaban J connectivity index is 1.83. The van der Waals surface area contributed by atoms with Crippen LogP contribution in [0.3, 0.4) is 0 Å². The maximum atomic E-state index is 8.67. The Bertz CT molecular complexity index is 1080. The minimum Gasteiger partial charge on any atom is -0.404 e. The summed E-state index contributed by atoms with van der Waals surface area (Å²) in [5.41, 5.74) is 17.2. The number of nitrogens with zero attached hydrogens (tertiary/aromatic N) is 2. The fourth-order valence-electron chi connectivity index (χ4n) is 3.28. The number of fused-ring (bicyclic) bond motifs is 1. The first-order valence-electron chi connectivity index (χ1n) is 10.4. The van der Waals surface area contributed by atoms with Crippen LogP contribution in [0.2, 0.25) is 0 Å². The molecule has 0 spiro atoms. The molecule has 166 valence electrons. The summed E-state index contributed by atoms with van der Waals surface area (Å²) in [7, 11) is 1.81. The molecule has 0 amide bonds. The van der Waals surface area contributed by atoms with Gasteiger partial charge in [0.25, 0.3) is 0 Å². The first-order valence-corrected chi connectivity index (χ1v) is 10.4. The Hall–Kier alpha value is -4.07. The van der Waals surface area contributed by atoms with Gasteiger partial charge in [-0.15, -0.1) is 0 Å². The molecular weight excluding hydrogens is 400 g/mol. The number of hydrogen-bond acceptors (Lipinski definition) is 8. The first kappa shape index (κ1) is 22.6. The van der Waals surface area contributed by atoms with Crippen molar-refractivity contribution in [1.82, 2.24) is 20.6 Å². The van der Waals surface area contributed by atoms with Crippen molar-refractivity contribution in [3.8, 4) is 0 Å². The summed E-state index contributed by atoms with van der Waals surface area (Å²) in [4.78, 5) is 8.61. The minimum atomic E-state index is -0.210. The lowest BCUT2D eigenvalue weighted by molar-refractivity contribution is 0.720. The Labute approximate surface area is 188 Å². The van der Waals surface area contributed by atoms with Crippen molar-refractivity contribution in [3.05, 3.63) is 89.6 Å². The molecular formula is C24H30N8. The Morgan fingerprint density at radius 3 is 2.66 bits per heavy atom. The van der Waals surface area contributed by atoms with Crippen LogP contribution in [-0.2, 0) is 0 Å². The summed E-state index contributed by atoms with van der Waals surface area (Å²) in [6, 6.07) is 5.61. The molecule has 1 aliphatic heterocycles. The molecule has 1 atom stereocenters. The molecule has 0 aromatic carbocycles. The van der Waals surface area contributed by atoms with Crippen molar-refractivity contribution in [2.45, 2.75) is 20.0 Å². The standard InChI is InChI=1S/C24H30N8/c1-15(2)17(12-25)11-22(26)32-23-5-4-20-21(31-23)10-18(13-30-20)19(14-28-3)24(27)16-6-8-29-9-7-16/h4-15,23,27-28,31-32H,25-26H2,1-3H3/b17-12+,19-14-,22-11+,27-24?. The van der Waals surface area contributed by atoms with Crippen LogP contribution < -0.4 is 27.4 Å². The predicted octanol–water partition coefficient (Wildman–Crippen LogP) is 2.76. The molecule has 1 unspecified atom stereocenters. The second kappa shape index (κ2) is 10.3. The summed E-state index contributed by atoms with van der Waals surface area (Å²) in [6.45, 7) is 4.12. The van der Waals surface area contributed by atoms with E-state index in [1.807, 2.05) is 43.5 Å². The molecule has 8 nitrogen and oxygen atoms in total. The van der Waals surface area contributed by atoms with Crippen LogP contribution in [-0.4, -0.2) is 28.9 Å². The number of anilines is 1. The van der Waals surface area contributed by atoms with Crippen molar-refractivity contribution in [2.75, 3.05) is 12.4 Å². The highest BCUT2D eigenvalue weighted by Gasteiger charge is 2.17. The first-order chi connectivity index (χ1) is 15.4. The van der Waals surface area contributed by atoms with E-state index in [4.69, 9.17) is 16.9 Å². The minimum absolute atomic E-state index is 0.210. The molecule has 3 heterocycles. The van der Waals surface area contributed by atoms with Crippen LogP contribution in [0.4, 0.5) is 5.69 Å². The van der Waals surface area contributed by atoms with Gasteiger partial charge in [-0.2, -0.15) is 0 Å². The number of nitrogens with two attached hydrogens (primary N) is 2. The van der Waals surface area contributed by atoms with Crippen molar-refractivity contribution in [1.29, 1.82) is 5.41 Å². The Kier molecular flexibility index (Phi) is 7.28. The number of hydrogen-bond donors (Lipinski definition) is 6. The highest BCUT2D eigenvalue weighted by Crippen LogP contribution is 2.27. The lowest BCUT2D eigenvalue weighted by Gasteiger charge is -2.24. The Morgan fingerprint density at radius 1 is 1.25 bits per heavy atom. The molecule has 0 saturated heterocycles. The van der Waals surface area contributed by atoms with E-state index in [-0.39, 0.29) is 12.1 Å². The number of rotatable bonds is 8. The lowest BCUT2D eigenvalue weighted by atomic mass is 9.97. The molecule has 2 aromatic rings. The molecule has 0 saturated carbocycles. The van der Waals surface area contributed by atoms with Crippen LogP contribution in [0, 0.1) is 11.3 Å². The SMILES string of the molecule is CN/C=C(\C(=N)c1ccncc1)c1cnc2c(c1)NC(N/C(N)=C/C(=C\N)C(C)C)C=C2. The summed E-state index contributed by atoms with van der Waals surface area (Å²) in [5.74, 6) is 0.788. The number of aromatic nitrogens is 2. The summed E-state index contributed by atoms with van der Waals surface area (Å²) in [5, 5.41) is 18.3. The topological polar surface area (TPSA) is 138 Å². The van der Waals surface area contributed by atoms with Crippen LogP contribution in [0.1, 0.15) is 30.7 Å². The molecule has 0 fully saturated rings. The zero-order valence-electron chi connectivity index (χ0n) is 18.6. The van der Waals surface area contributed by atoms with E-state index >= 15 is 0 Å². The third-order valence-electron chi connectivity index (χ3n) is 5.02. The molecule has 0 aliphatic carbocycles. The van der Waals surface area contributed by atoms with Crippen molar-refractivity contribution >= 4 is 23.0 Å². The molecule has 2 aromatic heterocycles. The number of pyridine rings is 2. The third kappa shape index (κ3) is 5.34. The summed E-state index contributed by atoms with van der Waals surface area (Å²) >= 11 is 0. The molecule has 8 N–H and O–H groups in total. The highest BCUT2D eigenvalue weighted by molar-refractivity contribution is 6.30. The van der Waals surface area contributed by atoms with E-state index in [2.05, 4.69) is 39.8 Å². The largest absolute Gasteiger partial charge is 0.404 e. The van der Waals surface area contributed by atoms with Gasteiger partial charge < -0.3 is 27.4 Å². The van der Waals surface area contributed by atoms with Crippen molar-refractivity contribution in [2.24, 2.45) is 17.4 Å². The predicted molar refractivity (Wildman–Crippen MR) is 131 cm³/mol. The van der Waals surface area contributed by atoms with Gasteiger partial charge in [0.05, 0.1) is 22.9 Å². The van der Waals surface area contributed by atoms with Gasteiger partial charge in [-0.05, 0) is 54.1 Å². The summed E-state index contributed by atoms with van der Waals surface area (Å²) < 4.78 is 0. The second-order valence-electron chi connectivity index (χ2n) is 7.66.